The Bertz CT molecular complexity index is 165. The first-order chi connectivity index (χ1) is 6.06. The van der Waals surface area contributed by atoms with Crippen LogP contribution in [0.3, 0.4) is 0 Å². The third-order valence-electron chi connectivity index (χ3n) is 3.38. The van der Waals surface area contributed by atoms with E-state index in [4.69, 9.17) is 0 Å². The average Bonchev–Trinajstić information content (AvgIpc) is 2.34. The van der Waals surface area contributed by atoms with Gasteiger partial charge in [0.25, 0.3) is 0 Å². The molecular weight excluding hydrogens is 230 g/mol. The summed E-state index contributed by atoms with van der Waals surface area (Å²) in [4.78, 5) is 2.39. The van der Waals surface area contributed by atoms with Gasteiger partial charge in [-0.25, -0.2) is 0 Å². The molecule has 4 atom stereocenters. The molecule has 3 heteroatoms. The standard InChI is InChI=1S/C10H20BrNO/c1-7-5-12(6-10(13)4-11)9(3)8(7)2/h7-10,13H,4-6H2,1-3H3. The van der Waals surface area contributed by atoms with Crippen molar-refractivity contribution in [3.63, 3.8) is 0 Å². The summed E-state index contributed by atoms with van der Waals surface area (Å²) in [6, 6.07) is 0.615. The van der Waals surface area contributed by atoms with Gasteiger partial charge in [-0.05, 0) is 18.8 Å². The summed E-state index contributed by atoms with van der Waals surface area (Å²) in [5.41, 5.74) is 0. The van der Waals surface area contributed by atoms with Gasteiger partial charge in [0, 0.05) is 24.5 Å². The highest BCUT2D eigenvalue weighted by Gasteiger charge is 2.33. The number of likely N-dealkylation sites (tertiary alicyclic amines) is 1. The summed E-state index contributed by atoms with van der Waals surface area (Å²) in [5, 5.41) is 10.2. The van der Waals surface area contributed by atoms with Crippen LogP contribution in [0.25, 0.3) is 0 Å². The van der Waals surface area contributed by atoms with Crippen molar-refractivity contribution in [2.24, 2.45) is 11.8 Å². The van der Waals surface area contributed by atoms with Gasteiger partial charge in [0.1, 0.15) is 0 Å². The second-order valence-electron chi connectivity index (χ2n) is 4.34. The molecule has 2 nitrogen and oxygen atoms in total. The highest BCUT2D eigenvalue weighted by Crippen LogP contribution is 2.28. The van der Waals surface area contributed by atoms with E-state index in [2.05, 4.69) is 41.6 Å². The normalized spacial score (nSPS) is 38.1. The molecule has 0 aliphatic carbocycles. The Hall–Kier alpha value is 0.400. The maximum absolute atomic E-state index is 9.52. The summed E-state index contributed by atoms with van der Waals surface area (Å²) >= 11 is 3.30. The van der Waals surface area contributed by atoms with Gasteiger partial charge in [0.15, 0.2) is 0 Å². The summed E-state index contributed by atoms with van der Waals surface area (Å²) in [6.45, 7) is 8.79. The largest absolute Gasteiger partial charge is 0.391 e. The van der Waals surface area contributed by atoms with Crippen LogP contribution in [0.2, 0.25) is 0 Å². The third kappa shape index (κ3) is 2.67. The Morgan fingerprint density at radius 2 is 2.08 bits per heavy atom. The van der Waals surface area contributed by atoms with Gasteiger partial charge in [-0.15, -0.1) is 0 Å². The van der Waals surface area contributed by atoms with E-state index in [9.17, 15) is 5.11 Å². The van der Waals surface area contributed by atoms with Crippen LogP contribution >= 0.6 is 15.9 Å². The number of halogens is 1. The van der Waals surface area contributed by atoms with E-state index < -0.39 is 0 Å². The van der Waals surface area contributed by atoms with Gasteiger partial charge in [-0.3, -0.25) is 4.90 Å². The van der Waals surface area contributed by atoms with Crippen LogP contribution in [-0.2, 0) is 0 Å². The maximum atomic E-state index is 9.52. The zero-order valence-electron chi connectivity index (χ0n) is 8.70. The van der Waals surface area contributed by atoms with Crippen molar-refractivity contribution in [1.82, 2.24) is 4.90 Å². The zero-order valence-corrected chi connectivity index (χ0v) is 10.3. The van der Waals surface area contributed by atoms with Crippen LogP contribution in [0, 0.1) is 11.8 Å². The van der Waals surface area contributed by atoms with Crippen molar-refractivity contribution in [3.05, 3.63) is 0 Å². The molecule has 0 aromatic carbocycles. The molecule has 0 amide bonds. The van der Waals surface area contributed by atoms with Crippen LogP contribution in [0.5, 0.6) is 0 Å². The van der Waals surface area contributed by atoms with E-state index >= 15 is 0 Å². The van der Waals surface area contributed by atoms with E-state index in [0.717, 1.165) is 24.9 Å². The molecule has 13 heavy (non-hydrogen) atoms. The second-order valence-corrected chi connectivity index (χ2v) is 4.99. The van der Waals surface area contributed by atoms with E-state index in [1.807, 2.05) is 0 Å². The van der Waals surface area contributed by atoms with Crippen LogP contribution in [0.1, 0.15) is 20.8 Å². The Balaban J connectivity index is 2.44. The molecule has 0 aromatic heterocycles. The SMILES string of the molecule is CC1CN(CC(O)CBr)C(C)C1C. The smallest absolute Gasteiger partial charge is 0.0763 e. The van der Waals surface area contributed by atoms with Crippen molar-refractivity contribution in [3.8, 4) is 0 Å². The predicted molar refractivity (Wildman–Crippen MR) is 59.2 cm³/mol. The van der Waals surface area contributed by atoms with E-state index in [-0.39, 0.29) is 6.10 Å². The van der Waals surface area contributed by atoms with Gasteiger partial charge in [0.2, 0.25) is 0 Å². The lowest BCUT2D eigenvalue weighted by Gasteiger charge is -2.24. The number of aliphatic hydroxyl groups is 1. The molecule has 0 spiro atoms. The number of β-amino-alcohol motifs (C(OH)–C–C–N with tert-alkyl or cyclic N) is 1. The van der Waals surface area contributed by atoms with Crippen molar-refractivity contribution in [2.45, 2.75) is 32.9 Å². The van der Waals surface area contributed by atoms with Crippen LogP contribution in [-0.4, -0.2) is 40.6 Å². The van der Waals surface area contributed by atoms with Crippen molar-refractivity contribution in [1.29, 1.82) is 0 Å². The topological polar surface area (TPSA) is 23.5 Å². The first-order valence-corrected chi connectivity index (χ1v) is 6.16. The fourth-order valence-corrected chi connectivity index (χ4v) is 2.28. The first kappa shape index (κ1) is 11.5. The van der Waals surface area contributed by atoms with Crippen molar-refractivity contribution >= 4 is 15.9 Å². The molecule has 0 aromatic rings. The Morgan fingerprint density at radius 3 is 2.46 bits per heavy atom. The molecule has 1 aliphatic heterocycles. The van der Waals surface area contributed by atoms with Gasteiger partial charge in [0.05, 0.1) is 6.10 Å². The fourth-order valence-electron chi connectivity index (χ4n) is 2.07. The Kier molecular flexibility index (Phi) is 4.20. The fraction of sp³-hybridized carbons (Fsp3) is 1.00. The molecule has 4 unspecified atom stereocenters. The minimum absolute atomic E-state index is 0.222. The molecule has 1 saturated heterocycles. The Labute approximate surface area is 89.4 Å². The highest BCUT2D eigenvalue weighted by atomic mass is 79.9. The summed E-state index contributed by atoms with van der Waals surface area (Å²) in [7, 11) is 0. The Morgan fingerprint density at radius 1 is 1.46 bits per heavy atom. The number of aliphatic hydroxyl groups excluding tert-OH is 1. The summed E-state index contributed by atoms with van der Waals surface area (Å²) < 4.78 is 0. The number of nitrogens with zero attached hydrogens (tertiary/aromatic N) is 1. The molecule has 1 rings (SSSR count). The quantitative estimate of drug-likeness (QED) is 0.771. The summed E-state index contributed by atoms with van der Waals surface area (Å²) in [5.74, 6) is 1.51. The molecular formula is C10H20BrNO. The highest BCUT2D eigenvalue weighted by molar-refractivity contribution is 9.09. The molecule has 1 aliphatic rings. The monoisotopic (exact) mass is 249 g/mol. The predicted octanol–water partition coefficient (Wildman–Crippen LogP) is 1.72. The molecule has 78 valence electrons. The van der Waals surface area contributed by atoms with Crippen molar-refractivity contribution < 1.29 is 5.11 Å². The molecule has 1 fully saturated rings. The lowest BCUT2D eigenvalue weighted by atomic mass is 9.95. The van der Waals surface area contributed by atoms with Crippen LogP contribution in [0.15, 0.2) is 0 Å². The number of alkyl halides is 1. The van der Waals surface area contributed by atoms with Gasteiger partial charge in [-0.2, -0.15) is 0 Å². The first-order valence-electron chi connectivity index (χ1n) is 5.04. The number of hydrogen-bond acceptors (Lipinski definition) is 2. The lowest BCUT2D eigenvalue weighted by Crippen LogP contribution is -2.36. The van der Waals surface area contributed by atoms with E-state index in [1.165, 1.54) is 0 Å². The third-order valence-corrected chi connectivity index (χ3v) is 4.13. The van der Waals surface area contributed by atoms with Gasteiger partial charge in [-0.1, -0.05) is 29.8 Å². The maximum Gasteiger partial charge on any atom is 0.0763 e. The number of hydrogen-bond donors (Lipinski definition) is 1. The van der Waals surface area contributed by atoms with E-state index in [0.29, 0.717) is 11.4 Å². The second kappa shape index (κ2) is 4.76. The molecule has 0 bridgehead atoms. The average molecular weight is 250 g/mol. The van der Waals surface area contributed by atoms with Crippen LogP contribution < -0.4 is 0 Å². The van der Waals surface area contributed by atoms with Crippen LogP contribution in [0.4, 0.5) is 0 Å². The molecule has 1 N–H and O–H groups in total. The molecule has 0 saturated carbocycles. The number of rotatable bonds is 3. The minimum Gasteiger partial charge on any atom is -0.391 e. The summed E-state index contributed by atoms with van der Waals surface area (Å²) in [6.07, 6.45) is -0.222. The van der Waals surface area contributed by atoms with Crippen molar-refractivity contribution in [2.75, 3.05) is 18.4 Å². The minimum atomic E-state index is -0.222. The lowest BCUT2D eigenvalue weighted by molar-refractivity contribution is 0.122. The van der Waals surface area contributed by atoms with E-state index in [1.54, 1.807) is 0 Å². The van der Waals surface area contributed by atoms with Gasteiger partial charge < -0.3 is 5.11 Å². The molecule has 0 radical (unpaired) electrons. The zero-order chi connectivity index (χ0) is 10.0. The van der Waals surface area contributed by atoms with Gasteiger partial charge >= 0.3 is 0 Å². The molecule has 1 heterocycles.